The maximum absolute atomic E-state index is 10.3. The van der Waals surface area contributed by atoms with Gasteiger partial charge in [0.05, 0.1) is 47.4 Å². The Balaban J connectivity index is 0.928. The number of nitrogens with zero attached hydrogens (tertiary/aromatic N) is 6. The van der Waals surface area contributed by atoms with Gasteiger partial charge in [0.25, 0.3) is 0 Å². The molecule has 17 heteroatoms. The number of rotatable bonds is 14. The van der Waals surface area contributed by atoms with Gasteiger partial charge in [-0.05, 0) is 87.1 Å². The average molecular weight is 709 g/mol. The van der Waals surface area contributed by atoms with Crippen LogP contribution >= 0.6 is 0 Å². The third kappa shape index (κ3) is 8.96. The molecule has 2 aliphatic rings. The first-order chi connectivity index (χ1) is 24.6. The lowest BCUT2D eigenvalue weighted by Gasteiger charge is -2.39. The molecule has 2 fully saturated rings. The van der Waals surface area contributed by atoms with Gasteiger partial charge in [0, 0.05) is 37.4 Å². The van der Waals surface area contributed by atoms with Gasteiger partial charge in [-0.15, -0.1) is 10.2 Å². The molecule has 6 rings (SSSR count). The van der Waals surface area contributed by atoms with Crippen LogP contribution in [-0.2, 0) is 22.3 Å². The van der Waals surface area contributed by atoms with Crippen molar-refractivity contribution in [3.05, 3.63) is 72.3 Å². The van der Waals surface area contributed by atoms with E-state index in [4.69, 9.17) is 37.1 Å². The van der Waals surface area contributed by atoms with Crippen molar-refractivity contribution in [1.82, 2.24) is 30.0 Å². The van der Waals surface area contributed by atoms with Gasteiger partial charge in [-0.25, -0.2) is 9.36 Å². The van der Waals surface area contributed by atoms with Crippen molar-refractivity contribution in [1.29, 1.82) is 0 Å². The Labute approximate surface area is 295 Å². The van der Waals surface area contributed by atoms with Gasteiger partial charge in [-0.2, -0.15) is 0 Å². The van der Waals surface area contributed by atoms with Crippen LogP contribution in [-0.4, -0.2) is 124 Å². The van der Waals surface area contributed by atoms with E-state index in [2.05, 4.69) is 20.6 Å². The molecule has 0 amide bonds. The smallest absolute Gasteiger partial charge is 0.127 e. The molecule has 0 spiro atoms. The molecule has 0 bridgehead atoms. The van der Waals surface area contributed by atoms with Crippen molar-refractivity contribution >= 4 is 0 Å². The maximum atomic E-state index is 10.3. The Morgan fingerprint density at radius 2 is 0.961 bits per heavy atom. The summed E-state index contributed by atoms with van der Waals surface area (Å²) in [6.45, 7) is 0.696. The summed E-state index contributed by atoms with van der Waals surface area (Å²) >= 11 is 0. The SMILES string of the molecule is N[C@@H]1C[C@H](N)[C@@H](OCCCc2cn(-c3ccc(Oc4ccc(-n5cc(CCCO[C@H]6[C@H](O)[C@@H](O)[C@H](N)C[C@@H]6N)nn5)cc4)cc3)nn2)[C@H](O)[C@H]1O. The Kier molecular flexibility index (Phi) is 12.0. The highest BCUT2D eigenvalue weighted by atomic mass is 16.5. The third-order valence-corrected chi connectivity index (χ3v) is 9.48. The second-order valence-corrected chi connectivity index (χ2v) is 13.4. The lowest BCUT2D eigenvalue weighted by atomic mass is 9.85. The van der Waals surface area contributed by atoms with Crippen LogP contribution in [0.15, 0.2) is 60.9 Å². The number of aromatic nitrogens is 6. The topological polar surface area (TPSA) is 274 Å². The van der Waals surface area contributed by atoms with Gasteiger partial charge >= 0.3 is 0 Å². The molecule has 10 atom stereocenters. The second-order valence-electron chi connectivity index (χ2n) is 13.4. The average Bonchev–Trinajstić information content (AvgIpc) is 3.80. The monoisotopic (exact) mass is 708 g/mol. The van der Waals surface area contributed by atoms with E-state index in [1.54, 1.807) is 9.36 Å². The van der Waals surface area contributed by atoms with Crippen LogP contribution in [0.5, 0.6) is 11.5 Å². The van der Waals surface area contributed by atoms with Crippen molar-refractivity contribution in [2.24, 2.45) is 22.9 Å². The van der Waals surface area contributed by atoms with E-state index in [-0.39, 0.29) is 0 Å². The van der Waals surface area contributed by atoms with Crippen molar-refractivity contribution in [3.63, 3.8) is 0 Å². The Morgan fingerprint density at radius 1 is 0.569 bits per heavy atom. The predicted molar refractivity (Wildman–Crippen MR) is 184 cm³/mol. The van der Waals surface area contributed by atoms with Crippen molar-refractivity contribution in [3.8, 4) is 22.9 Å². The molecule has 2 heterocycles. The van der Waals surface area contributed by atoms with Crippen LogP contribution in [0, 0.1) is 0 Å². The highest BCUT2D eigenvalue weighted by molar-refractivity contribution is 5.41. The molecule has 0 unspecified atom stereocenters. The first kappa shape index (κ1) is 36.9. The number of aryl methyl sites for hydroxylation is 2. The normalized spacial score (nSPS) is 29.6. The highest BCUT2D eigenvalue weighted by Crippen LogP contribution is 2.25. The second kappa shape index (κ2) is 16.6. The van der Waals surface area contributed by atoms with E-state index in [0.29, 0.717) is 63.2 Å². The van der Waals surface area contributed by atoms with Gasteiger partial charge < -0.3 is 57.6 Å². The van der Waals surface area contributed by atoms with Crippen molar-refractivity contribution in [2.45, 2.75) is 99.3 Å². The lowest BCUT2D eigenvalue weighted by Crippen LogP contribution is -2.62. The number of benzene rings is 2. The van der Waals surface area contributed by atoms with E-state index in [1.807, 2.05) is 60.9 Å². The molecule has 0 aliphatic heterocycles. The Bertz CT molecular complexity index is 1550. The molecule has 51 heavy (non-hydrogen) atoms. The molecular weight excluding hydrogens is 660 g/mol. The summed E-state index contributed by atoms with van der Waals surface area (Å²) in [6.07, 6.45) is 1.32. The van der Waals surface area contributed by atoms with Crippen LogP contribution in [0.3, 0.4) is 0 Å². The van der Waals surface area contributed by atoms with E-state index < -0.39 is 60.8 Å². The van der Waals surface area contributed by atoms with Crippen molar-refractivity contribution in [2.75, 3.05) is 13.2 Å². The number of nitrogens with two attached hydrogens (primary N) is 4. The number of hydrogen-bond donors (Lipinski definition) is 8. The number of aliphatic hydroxyl groups excluding tert-OH is 4. The van der Waals surface area contributed by atoms with Crippen LogP contribution in [0.2, 0.25) is 0 Å². The molecule has 2 aliphatic carbocycles. The fourth-order valence-corrected chi connectivity index (χ4v) is 6.52. The van der Waals surface area contributed by atoms with E-state index in [0.717, 1.165) is 22.8 Å². The lowest BCUT2D eigenvalue weighted by molar-refractivity contribution is -0.127. The Hall–Kier alpha value is -3.88. The minimum Gasteiger partial charge on any atom is -0.457 e. The van der Waals surface area contributed by atoms with Gasteiger partial charge in [-0.1, -0.05) is 10.4 Å². The van der Waals surface area contributed by atoms with Crippen LogP contribution in [0.4, 0.5) is 0 Å². The summed E-state index contributed by atoms with van der Waals surface area (Å²) in [4.78, 5) is 0. The summed E-state index contributed by atoms with van der Waals surface area (Å²) in [6, 6.07) is 13.0. The molecule has 2 aromatic carbocycles. The van der Waals surface area contributed by atoms with E-state index in [1.165, 1.54) is 0 Å². The fourth-order valence-electron chi connectivity index (χ4n) is 6.52. The molecule has 17 nitrogen and oxygen atoms in total. The molecule has 12 N–H and O–H groups in total. The number of ether oxygens (including phenoxy) is 3. The van der Waals surface area contributed by atoms with Crippen LogP contribution in [0.1, 0.15) is 37.1 Å². The minimum absolute atomic E-state index is 0.348. The first-order valence-corrected chi connectivity index (χ1v) is 17.3. The van der Waals surface area contributed by atoms with Gasteiger partial charge in [0.2, 0.25) is 0 Å². The summed E-state index contributed by atoms with van der Waals surface area (Å²) in [5.41, 5.74) is 27.0. The summed E-state index contributed by atoms with van der Waals surface area (Å²) in [5.74, 6) is 1.31. The largest absolute Gasteiger partial charge is 0.457 e. The zero-order valence-electron chi connectivity index (χ0n) is 28.2. The van der Waals surface area contributed by atoms with Gasteiger partial charge in [-0.3, -0.25) is 0 Å². The zero-order chi connectivity index (χ0) is 36.1. The summed E-state index contributed by atoms with van der Waals surface area (Å²) in [7, 11) is 0. The molecule has 0 radical (unpaired) electrons. The fraction of sp³-hybridized carbons (Fsp3) is 0.529. The molecule has 0 saturated heterocycles. The maximum Gasteiger partial charge on any atom is 0.127 e. The van der Waals surface area contributed by atoms with Gasteiger partial charge in [0.1, 0.15) is 35.9 Å². The van der Waals surface area contributed by atoms with E-state index in [9.17, 15) is 20.4 Å². The molecule has 276 valence electrons. The quantitative estimate of drug-likeness (QED) is 0.0718. The minimum atomic E-state index is -1.11. The standard InChI is InChI=1S/C34H48N10O7/c35-25-15-27(37)33(31(47)29(25)45)49-13-1-3-19-17-43(41-39-19)21-5-9-23(10-6-21)51-24-11-7-22(8-12-24)44-18-20(40-42-44)4-2-14-50-34-28(38)16-26(36)30(46)32(34)48/h5-12,17-18,25-34,45-48H,1-4,13-16,35-38H2/t25-,26-,27+,28+,29+,30+,31-,32-,33-,34-/m1/s1. The predicted octanol–water partition coefficient (Wildman–Crippen LogP) is -1.16. The van der Waals surface area contributed by atoms with Crippen molar-refractivity contribution < 1.29 is 34.6 Å². The molecule has 4 aromatic rings. The number of hydrogen-bond acceptors (Lipinski definition) is 15. The third-order valence-electron chi connectivity index (χ3n) is 9.48. The first-order valence-electron chi connectivity index (χ1n) is 17.3. The molecule has 2 aromatic heterocycles. The van der Waals surface area contributed by atoms with Crippen LogP contribution in [0.25, 0.3) is 11.4 Å². The Morgan fingerprint density at radius 3 is 1.35 bits per heavy atom. The van der Waals surface area contributed by atoms with E-state index >= 15 is 0 Å². The molecule has 2 saturated carbocycles. The van der Waals surface area contributed by atoms with Gasteiger partial charge in [0.15, 0.2) is 0 Å². The molecular formula is C34H48N10O7. The summed E-state index contributed by atoms with van der Waals surface area (Å²) < 4.78 is 21.0. The highest BCUT2D eigenvalue weighted by Gasteiger charge is 2.42. The number of aliphatic hydroxyl groups is 4. The van der Waals surface area contributed by atoms with Crippen LogP contribution < -0.4 is 27.7 Å². The zero-order valence-corrected chi connectivity index (χ0v) is 28.2. The summed E-state index contributed by atoms with van der Waals surface area (Å²) in [5, 5.41) is 57.6.